The number of amidine groups is 1. The van der Waals surface area contributed by atoms with Gasteiger partial charge in [-0.1, -0.05) is 23.9 Å². The van der Waals surface area contributed by atoms with E-state index in [1.807, 2.05) is 29.6 Å². The molecule has 2 aromatic heterocycles. The lowest BCUT2D eigenvalue weighted by atomic mass is 10.3. The fraction of sp³-hybridized carbons (Fsp3) is 0. The summed E-state index contributed by atoms with van der Waals surface area (Å²) < 4.78 is 1.18. The minimum atomic E-state index is 0.00336. The number of hydrogen-bond donors (Lipinski definition) is 2. The second kappa shape index (κ2) is 4.46. The molecule has 0 aliphatic rings. The Balaban J connectivity index is 2.22. The van der Waals surface area contributed by atoms with E-state index in [0.717, 1.165) is 5.03 Å². The molecule has 0 aromatic carbocycles. The molecule has 0 atom stereocenters. The van der Waals surface area contributed by atoms with E-state index in [-0.39, 0.29) is 5.84 Å². The maximum Gasteiger partial charge on any atom is 0.141 e. The van der Waals surface area contributed by atoms with Crippen LogP contribution in [0.4, 0.5) is 0 Å². The van der Waals surface area contributed by atoms with E-state index in [2.05, 4.69) is 4.98 Å². The highest BCUT2D eigenvalue weighted by molar-refractivity contribution is 8.01. The smallest absolute Gasteiger partial charge is 0.141 e. The van der Waals surface area contributed by atoms with E-state index >= 15 is 0 Å². The van der Waals surface area contributed by atoms with Crippen LogP contribution in [0.3, 0.4) is 0 Å². The van der Waals surface area contributed by atoms with Crippen LogP contribution in [-0.2, 0) is 0 Å². The van der Waals surface area contributed by atoms with Gasteiger partial charge in [0.25, 0.3) is 0 Å². The van der Waals surface area contributed by atoms with E-state index in [1.165, 1.54) is 4.21 Å². The number of nitrogens with two attached hydrogens (primary N) is 1. The Morgan fingerprint density at radius 1 is 1.33 bits per heavy atom. The highest BCUT2D eigenvalue weighted by Crippen LogP contribution is 2.29. The average Bonchev–Trinajstić information content (AvgIpc) is 2.71. The lowest BCUT2D eigenvalue weighted by Gasteiger charge is -2.00. The summed E-state index contributed by atoms with van der Waals surface area (Å²) in [6.45, 7) is 0. The number of pyridine rings is 1. The highest BCUT2D eigenvalue weighted by atomic mass is 32.2. The first-order chi connectivity index (χ1) is 7.25. The third-order valence-electron chi connectivity index (χ3n) is 1.70. The minimum Gasteiger partial charge on any atom is -0.382 e. The second-order valence-electron chi connectivity index (χ2n) is 2.81. The van der Waals surface area contributed by atoms with Crippen LogP contribution < -0.4 is 5.73 Å². The summed E-state index contributed by atoms with van der Waals surface area (Å²) in [5.74, 6) is 0.00336. The molecule has 2 aromatic rings. The molecule has 0 spiro atoms. The zero-order valence-corrected chi connectivity index (χ0v) is 9.44. The van der Waals surface area contributed by atoms with Crippen LogP contribution in [0.5, 0.6) is 0 Å². The van der Waals surface area contributed by atoms with Gasteiger partial charge in [-0.3, -0.25) is 5.41 Å². The summed E-state index contributed by atoms with van der Waals surface area (Å²) >= 11 is 3.25. The molecule has 0 unspecified atom stereocenters. The van der Waals surface area contributed by atoms with Crippen molar-refractivity contribution in [2.75, 3.05) is 0 Å². The lowest BCUT2D eigenvalue weighted by molar-refractivity contribution is 1.10. The first-order valence-electron chi connectivity index (χ1n) is 4.28. The molecule has 2 rings (SSSR count). The molecule has 76 valence electrons. The van der Waals surface area contributed by atoms with Gasteiger partial charge in [0.2, 0.25) is 0 Å². The molecule has 0 saturated heterocycles. The third kappa shape index (κ3) is 2.57. The molecule has 0 aliphatic carbocycles. The van der Waals surface area contributed by atoms with Crippen molar-refractivity contribution in [3.63, 3.8) is 0 Å². The van der Waals surface area contributed by atoms with Crippen LogP contribution in [0.15, 0.2) is 44.9 Å². The van der Waals surface area contributed by atoms with Gasteiger partial charge in [-0.15, -0.1) is 11.3 Å². The van der Waals surface area contributed by atoms with Crippen molar-refractivity contribution in [2.24, 2.45) is 5.73 Å². The molecule has 2 heterocycles. The number of nitrogens with one attached hydrogen (secondary N) is 1. The van der Waals surface area contributed by atoms with Gasteiger partial charge in [0.05, 0.1) is 4.21 Å². The summed E-state index contributed by atoms with van der Waals surface area (Å²) in [6, 6.07) is 9.55. The van der Waals surface area contributed by atoms with Gasteiger partial charge in [-0.2, -0.15) is 0 Å². The zero-order valence-electron chi connectivity index (χ0n) is 7.81. The normalized spacial score (nSPS) is 10.1. The van der Waals surface area contributed by atoms with Gasteiger partial charge in [-0.05, 0) is 23.6 Å². The Labute approximate surface area is 95.9 Å². The summed E-state index contributed by atoms with van der Waals surface area (Å²) in [5.41, 5.74) is 5.89. The number of hydrogen-bond acceptors (Lipinski definition) is 4. The topological polar surface area (TPSA) is 62.8 Å². The van der Waals surface area contributed by atoms with Crippen molar-refractivity contribution in [2.45, 2.75) is 9.24 Å². The third-order valence-corrected chi connectivity index (χ3v) is 3.67. The van der Waals surface area contributed by atoms with Crippen molar-refractivity contribution in [1.29, 1.82) is 5.41 Å². The molecule has 0 fully saturated rings. The van der Waals surface area contributed by atoms with E-state index in [1.54, 1.807) is 29.2 Å². The van der Waals surface area contributed by atoms with Gasteiger partial charge >= 0.3 is 0 Å². The number of nitrogens with zero attached hydrogens (tertiary/aromatic N) is 1. The van der Waals surface area contributed by atoms with E-state index in [9.17, 15) is 0 Å². The molecule has 0 saturated carbocycles. The fourth-order valence-electron chi connectivity index (χ4n) is 1.05. The maximum absolute atomic E-state index is 7.29. The van der Waals surface area contributed by atoms with E-state index in [4.69, 9.17) is 11.1 Å². The Kier molecular flexibility index (Phi) is 3.03. The standard InChI is InChI=1S/C10H9N3S2/c11-10(12)7-3-1-4-8(13-7)15-9-5-2-6-14-9/h1-6H,(H3,11,12). The first-order valence-corrected chi connectivity index (χ1v) is 5.98. The summed E-state index contributed by atoms with van der Waals surface area (Å²) in [7, 11) is 0. The number of thiophene rings is 1. The van der Waals surface area contributed by atoms with Crippen LogP contribution >= 0.6 is 23.1 Å². The first kappa shape index (κ1) is 10.2. The second-order valence-corrected chi connectivity index (χ2v) is 5.08. The Morgan fingerprint density at radius 2 is 2.20 bits per heavy atom. The lowest BCUT2D eigenvalue weighted by Crippen LogP contribution is -2.12. The van der Waals surface area contributed by atoms with Crippen molar-refractivity contribution in [3.05, 3.63) is 41.4 Å². The molecule has 0 amide bonds. The highest BCUT2D eigenvalue weighted by Gasteiger charge is 2.02. The average molecular weight is 235 g/mol. The fourth-order valence-corrected chi connectivity index (χ4v) is 2.75. The Morgan fingerprint density at radius 3 is 2.87 bits per heavy atom. The van der Waals surface area contributed by atoms with Crippen molar-refractivity contribution >= 4 is 28.9 Å². The van der Waals surface area contributed by atoms with Crippen molar-refractivity contribution in [1.82, 2.24) is 4.98 Å². The molecule has 0 bridgehead atoms. The predicted octanol–water partition coefficient (Wildman–Crippen LogP) is 2.58. The van der Waals surface area contributed by atoms with Crippen LogP contribution in [0, 0.1) is 5.41 Å². The molecular formula is C10H9N3S2. The van der Waals surface area contributed by atoms with E-state index in [0.29, 0.717) is 5.69 Å². The number of nitrogen functional groups attached to an aromatic ring is 1. The van der Waals surface area contributed by atoms with Crippen LogP contribution in [-0.4, -0.2) is 10.8 Å². The maximum atomic E-state index is 7.29. The number of rotatable bonds is 3. The summed E-state index contributed by atoms with van der Waals surface area (Å²) in [4.78, 5) is 4.27. The quantitative estimate of drug-likeness (QED) is 0.635. The Bertz CT molecular complexity index is 465. The summed E-state index contributed by atoms with van der Waals surface area (Å²) in [5, 5.41) is 10.2. The van der Waals surface area contributed by atoms with Gasteiger partial charge in [-0.25, -0.2) is 4.98 Å². The molecule has 5 heteroatoms. The summed E-state index contributed by atoms with van der Waals surface area (Å²) in [6.07, 6.45) is 0. The predicted molar refractivity (Wildman–Crippen MR) is 63.7 cm³/mol. The molecule has 0 radical (unpaired) electrons. The van der Waals surface area contributed by atoms with Crippen LogP contribution in [0.2, 0.25) is 0 Å². The van der Waals surface area contributed by atoms with E-state index < -0.39 is 0 Å². The monoisotopic (exact) mass is 235 g/mol. The zero-order chi connectivity index (χ0) is 10.7. The van der Waals surface area contributed by atoms with Gasteiger partial charge < -0.3 is 5.73 Å². The van der Waals surface area contributed by atoms with Gasteiger partial charge in [0.15, 0.2) is 0 Å². The van der Waals surface area contributed by atoms with Crippen LogP contribution in [0.1, 0.15) is 5.69 Å². The van der Waals surface area contributed by atoms with Crippen LogP contribution in [0.25, 0.3) is 0 Å². The Hall–Kier alpha value is -1.33. The van der Waals surface area contributed by atoms with Crippen molar-refractivity contribution < 1.29 is 0 Å². The molecule has 3 nitrogen and oxygen atoms in total. The molecule has 3 N–H and O–H groups in total. The largest absolute Gasteiger partial charge is 0.382 e. The SMILES string of the molecule is N=C(N)c1cccc(Sc2cccs2)n1. The van der Waals surface area contributed by atoms with Gasteiger partial charge in [0.1, 0.15) is 16.6 Å². The molecular weight excluding hydrogens is 226 g/mol. The number of aromatic nitrogens is 1. The van der Waals surface area contributed by atoms with Gasteiger partial charge in [0, 0.05) is 0 Å². The van der Waals surface area contributed by atoms with Crippen molar-refractivity contribution in [3.8, 4) is 0 Å². The molecule has 0 aliphatic heterocycles. The molecule has 15 heavy (non-hydrogen) atoms. The minimum absolute atomic E-state index is 0.00336.